The zero-order valence-corrected chi connectivity index (χ0v) is 16.0. The van der Waals surface area contributed by atoms with Crippen molar-refractivity contribution >= 4 is 39.0 Å². The Labute approximate surface area is 169 Å². The van der Waals surface area contributed by atoms with Crippen LogP contribution in [0.4, 0.5) is 11.5 Å². The maximum atomic E-state index is 12.2. The largest absolute Gasteiger partial charge is 0.454 e. The summed E-state index contributed by atoms with van der Waals surface area (Å²) in [5, 5.41) is 22.1. The molecule has 1 aliphatic carbocycles. The number of aliphatic hydroxyl groups excluding tert-OH is 1. The third-order valence-corrected chi connectivity index (χ3v) is 5.59. The van der Waals surface area contributed by atoms with Gasteiger partial charge in [0.05, 0.1) is 16.8 Å². The van der Waals surface area contributed by atoms with Gasteiger partial charge in [0.1, 0.15) is 27.4 Å². The van der Waals surface area contributed by atoms with Crippen molar-refractivity contribution < 1.29 is 14.3 Å². The first-order valence-electron chi connectivity index (χ1n) is 8.84. The summed E-state index contributed by atoms with van der Waals surface area (Å²) in [6.07, 6.45) is 0.516. The first-order chi connectivity index (χ1) is 14.0. The lowest BCUT2D eigenvalue weighted by Crippen LogP contribution is -2.10. The van der Waals surface area contributed by atoms with Crippen molar-refractivity contribution in [1.82, 2.24) is 4.98 Å². The number of aromatic nitrogens is 1. The van der Waals surface area contributed by atoms with Gasteiger partial charge in [-0.1, -0.05) is 12.1 Å². The summed E-state index contributed by atoms with van der Waals surface area (Å²) in [6, 6.07) is 11.0. The topological polar surface area (TPSA) is 151 Å². The molecule has 0 aromatic carbocycles. The highest BCUT2D eigenvalue weighted by Gasteiger charge is 2.25. The van der Waals surface area contributed by atoms with Crippen LogP contribution in [0.5, 0.6) is 0 Å². The Bertz CT molecular complexity index is 1240. The number of anilines is 2. The molecule has 0 atom stereocenters. The number of carbonyl (C=O) groups is 1. The number of carbonyl (C=O) groups excluding carboxylic acids is 1. The highest BCUT2D eigenvalue weighted by Crippen LogP contribution is 2.43. The average Bonchev–Trinajstić information content (AvgIpc) is 3.30. The van der Waals surface area contributed by atoms with Gasteiger partial charge in [0.25, 0.3) is 5.91 Å². The molecule has 6 N–H and O–H groups in total. The van der Waals surface area contributed by atoms with Gasteiger partial charge in [-0.15, -0.1) is 11.3 Å². The molecule has 0 fully saturated rings. The molecule has 3 heterocycles. The Hall–Kier alpha value is -3.61. The minimum absolute atomic E-state index is 0.0249. The molecule has 8 nitrogen and oxygen atoms in total. The van der Waals surface area contributed by atoms with Gasteiger partial charge in [0.2, 0.25) is 0 Å². The zero-order valence-electron chi connectivity index (χ0n) is 15.2. The molecule has 1 amide bonds. The van der Waals surface area contributed by atoms with E-state index in [-0.39, 0.29) is 11.5 Å². The van der Waals surface area contributed by atoms with Gasteiger partial charge in [-0.3, -0.25) is 4.79 Å². The first-order valence-corrected chi connectivity index (χ1v) is 9.65. The Morgan fingerprint density at radius 2 is 2.21 bits per heavy atom. The number of amides is 1. The third-order valence-electron chi connectivity index (χ3n) is 4.47. The van der Waals surface area contributed by atoms with Crippen LogP contribution in [-0.2, 0) is 0 Å². The van der Waals surface area contributed by atoms with E-state index in [9.17, 15) is 10.1 Å². The van der Waals surface area contributed by atoms with Crippen LogP contribution in [0.15, 0.2) is 34.7 Å². The predicted molar refractivity (Wildman–Crippen MR) is 112 cm³/mol. The van der Waals surface area contributed by atoms with Gasteiger partial charge in [0, 0.05) is 24.1 Å². The Morgan fingerprint density at radius 3 is 2.93 bits per heavy atom. The van der Waals surface area contributed by atoms with Crippen molar-refractivity contribution in [3.05, 3.63) is 40.8 Å². The summed E-state index contributed by atoms with van der Waals surface area (Å²) in [6.45, 7) is 0.484. The second kappa shape index (κ2) is 7.43. The molecule has 146 valence electrons. The Balaban J connectivity index is 1.96. The molecule has 4 rings (SSSR count). The maximum Gasteiger partial charge on any atom is 0.259 e. The highest BCUT2D eigenvalue weighted by molar-refractivity contribution is 7.21. The van der Waals surface area contributed by atoms with Crippen LogP contribution in [0, 0.1) is 11.3 Å². The van der Waals surface area contributed by atoms with E-state index in [1.807, 2.05) is 12.1 Å². The summed E-state index contributed by atoms with van der Waals surface area (Å²) in [5.74, 6) is 0.692. The molecule has 0 saturated heterocycles. The minimum Gasteiger partial charge on any atom is -0.454 e. The van der Waals surface area contributed by atoms with Crippen molar-refractivity contribution in [1.29, 1.82) is 5.26 Å². The molecular formula is C20H17N5O3S. The molecule has 1 aliphatic heterocycles. The van der Waals surface area contributed by atoms with Crippen LogP contribution in [0.1, 0.15) is 21.7 Å². The van der Waals surface area contributed by atoms with Gasteiger partial charge in [0.15, 0.2) is 5.76 Å². The van der Waals surface area contributed by atoms with Crippen molar-refractivity contribution in [2.24, 2.45) is 5.73 Å². The van der Waals surface area contributed by atoms with Crippen molar-refractivity contribution in [3.8, 4) is 28.7 Å². The number of thiophene rings is 1. The van der Waals surface area contributed by atoms with E-state index in [4.69, 9.17) is 21.0 Å². The fraction of sp³-hybridized carbons (Fsp3) is 0.150. The Kier molecular flexibility index (Phi) is 4.80. The van der Waals surface area contributed by atoms with Gasteiger partial charge >= 0.3 is 0 Å². The number of nitrogens with one attached hydrogen (secondary N) is 1. The summed E-state index contributed by atoms with van der Waals surface area (Å²) < 4.78 is 5.98. The quantitative estimate of drug-likeness (QED) is 0.359. The van der Waals surface area contributed by atoms with Gasteiger partial charge in [-0.2, -0.15) is 5.26 Å². The number of nitriles is 1. The summed E-state index contributed by atoms with van der Waals surface area (Å²) in [5.41, 5.74) is 13.8. The highest BCUT2D eigenvalue weighted by atomic mass is 32.1. The predicted octanol–water partition coefficient (Wildman–Crippen LogP) is 3.01. The van der Waals surface area contributed by atoms with Crippen LogP contribution in [0.3, 0.4) is 0 Å². The monoisotopic (exact) mass is 407 g/mol. The molecular weight excluding hydrogens is 390 g/mol. The lowest BCUT2D eigenvalue weighted by Gasteiger charge is -2.10. The molecule has 9 heteroatoms. The van der Waals surface area contributed by atoms with Crippen LogP contribution in [0.25, 0.3) is 32.9 Å². The van der Waals surface area contributed by atoms with E-state index in [1.165, 1.54) is 0 Å². The van der Waals surface area contributed by atoms with Crippen molar-refractivity contribution in [2.75, 3.05) is 24.2 Å². The zero-order chi connectivity index (χ0) is 20.5. The minimum atomic E-state index is -0.631. The number of hydrogen-bond donors (Lipinski definition) is 4. The molecule has 0 bridgehead atoms. The third kappa shape index (κ3) is 3.24. The second-order valence-electron chi connectivity index (χ2n) is 6.40. The van der Waals surface area contributed by atoms with E-state index in [0.29, 0.717) is 57.3 Å². The number of aliphatic hydroxyl groups is 1. The molecule has 2 aromatic rings. The molecule has 0 unspecified atom stereocenters. The average molecular weight is 407 g/mol. The number of nitrogen functional groups attached to an aromatic ring is 1. The van der Waals surface area contributed by atoms with Crippen LogP contribution >= 0.6 is 11.3 Å². The smallest absolute Gasteiger partial charge is 0.259 e. The number of nitrogens with two attached hydrogens (primary N) is 2. The van der Waals surface area contributed by atoms with E-state index in [1.54, 1.807) is 18.2 Å². The number of hydrogen-bond acceptors (Lipinski definition) is 8. The fourth-order valence-corrected chi connectivity index (χ4v) is 4.16. The van der Waals surface area contributed by atoms with Crippen molar-refractivity contribution in [3.63, 3.8) is 0 Å². The number of pyridine rings is 1. The summed E-state index contributed by atoms with van der Waals surface area (Å²) >= 11 is 1.12. The maximum absolute atomic E-state index is 12.2. The Morgan fingerprint density at radius 1 is 1.38 bits per heavy atom. The summed E-state index contributed by atoms with van der Waals surface area (Å²) in [7, 11) is 0. The molecule has 0 saturated carbocycles. The molecule has 0 radical (unpaired) electrons. The van der Waals surface area contributed by atoms with E-state index < -0.39 is 5.91 Å². The lowest BCUT2D eigenvalue weighted by molar-refractivity contribution is 0.100. The van der Waals surface area contributed by atoms with E-state index in [0.717, 1.165) is 16.9 Å². The summed E-state index contributed by atoms with van der Waals surface area (Å²) in [4.78, 5) is 17.4. The number of fused-ring (bicyclic) bond motifs is 2. The van der Waals surface area contributed by atoms with Crippen LogP contribution in [0.2, 0.25) is 0 Å². The normalized spacial score (nSPS) is 11.0. The second-order valence-corrected chi connectivity index (χ2v) is 7.40. The fourth-order valence-electron chi connectivity index (χ4n) is 3.16. The SMILES string of the molecule is N#Cc1cc2c(-c3oc4cccc-4cc3N)c(C(N)=O)sc2nc1NCCCO. The van der Waals surface area contributed by atoms with E-state index >= 15 is 0 Å². The number of nitrogens with zero attached hydrogens (tertiary/aromatic N) is 2. The van der Waals surface area contributed by atoms with Crippen molar-refractivity contribution in [2.45, 2.75) is 6.42 Å². The number of rotatable bonds is 6. The van der Waals surface area contributed by atoms with Gasteiger partial charge in [-0.25, -0.2) is 4.98 Å². The van der Waals surface area contributed by atoms with Gasteiger partial charge < -0.3 is 26.3 Å². The van der Waals surface area contributed by atoms with E-state index in [2.05, 4.69) is 16.4 Å². The molecule has 29 heavy (non-hydrogen) atoms. The molecule has 2 aromatic heterocycles. The van der Waals surface area contributed by atoms with Crippen LogP contribution < -0.4 is 16.8 Å². The number of primary amides is 1. The standard InChI is InChI=1S/C20H17N5O3S/c21-9-11-7-12-15(16-13(22)8-10-3-1-4-14(10)28-16)17(18(23)27)29-20(12)25-19(11)24-5-2-6-26/h1,3-4,7-8,26H,2,5-6,22H2,(H2,23,27)(H,24,25). The molecule has 2 aliphatic rings. The van der Waals surface area contributed by atoms with Gasteiger partial charge in [-0.05, 0) is 24.6 Å². The lowest BCUT2D eigenvalue weighted by atomic mass is 10.0. The first kappa shape index (κ1) is 18.7. The molecule has 0 spiro atoms. The van der Waals surface area contributed by atoms with Crippen LogP contribution in [-0.4, -0.2) is 29.1 Å².